The number of rotatable bonds is 10. The van der Waals surface area contributed by atoms with E-state index in [2.05, 4.69) is 0 Å². The Labute approximate surface area is 167 Å². The second-order valence-corrected chi connectivity index (χ2v) is 7.15. The molecule has 158 valence electrons. The molecule has 0 aliphatic rings. The Morgan fingerprint density at radius 2 is 1.61 bits per heavy atom. The van der Waals surface area contributed by atoms with Gasteiger partial charge in [-0.1, -0.05) is 30.3 Å². The molecule has 0 aliphatic carbocycles. The predicted octanol–water partition coefficient (Wildman–Crippen LogP) is 4.74. The molecule has 0 atom stereocenters. The van der Waals surface area contributed by atoms with E-state index in [0.29, 0.717) is 26.1 Å². The third kappa shape index (κ3) is 9.71. The summed E-state index contributed by atoms with van der Waals surface area (Å²) in [6.07, 6.45) is -0.773. The summed E-state index contributed by atoms with van der Waals surface area (Å²) in [6, 6.07) is 9.29. The lowest BCUT2D eigenvalue weighted by Crippen LogP contribution is -2.42. The van der Waals surface area contributed by atoms with Gasteiger partial charge in [-0.3, -0.25) is 0 Å². The fourth-order valence-electron chi connectivity index (χ4n) is 2.37. The first-order chi connectivity index (χ1) is 13.3. The molecular formula is C21H33NO6. The highest BCUT2D eigenvalue weighted by Gasteiger charge is 2.28. The third-order valence-corrected chi connectivity index (χ3v) is 3.57. The third-order valence-electron chi connectivity index (χ3n) is 3.57. The van der Waals surface area contributed by atoms with Gasteiger partial charge in [0, 0.05) is 26.2 Å². The fourth-order valence-corrected chi connectivity index (χ4v) is 2.37. The molecule has 2 amide bonds. The summed E-state index contributed by atoms with van der Waals surface area (Å²) >= 11 is 0. The van der Waals surface area contributed by atoms with Gasteiger partial charge in [0.1, 0.15) is 12.2 Å². The van der Waals surface area contributed by atoms with Crippen LogP contribution in [0.4, 0.5) is 9.59 Å². The average molecular weight is 395 g/mol. The molecule has 1 aromatic rings. The Morgan fingerprint density at radius 1 is 1.00 bits per heavy atom. The van der Waals surface area contributed by atoms with Crippen molar-refractivity contribution in [2.24, 2.45) is 0 Å². The van der Waals surface area contributed by atoms with Gasteiger partial charge in [-0.05, 0) is 46.6 Å². The predicted molar refractivity (Wildman–Crippen MR) is 106 cm³/mol. The molecule has 0 unspecified atom stereocenters. The lowest BCUT2D eigenvalue weighted by Gasteiger charge is -2.26. The Kier molecular flexibility index (Phi) is 10.6. The highest BCUT2D eigenvalue weighted by Crippen LogP contribution is 2.14. The van der Waals surface area contributed by atoms with Crippen molar-refractivity contribution in [1.29, 1.82) is 0 Å². The Hall–Kier alpha value is -2.12. The van der Waals surface area contributed by atoms with Crippen LogP contribution in [0, 0.1) is 0 Å². The van der Waals surface area contributed by atoms with Crippen molar-refractivity contribution in [2.45, 2.75) is 66.0 Å². The number of hydrogen-bond donors (Lipinski definition) is 0. The van der Waals surface area contributed by atoms with Gasteiger partial charge in [0.15, 0.2) is 6.29 Å². The Balaban J connectivity index is 2.69. The topological polar surface area (TPSA) is 74.3 Å². The van der Waals surface area contributed by atoms with E-state index in [-0.39, 0.29) is 19.4 Å². The molecule has 0 heterocycles. The van der Waals surface area contributed by atoms with Crippen LogP contribution >= 0.6 is 0 Å². The first kappa shape index (κ1) is 23.9. The van der Waals surface area contributed by atoms with Crippen molar-refractivity contribution >= 4 is 12.2 Å². The van der Waals surface area contributed by atoms with Crippen molar-refractivity contribution in [3.05, 3.63) is 35.9 Å². The highest BCUT2D eigenvalue weighted by atomic mass is 16.7. The Morgan fingerprint density at radius 3 is 2.14 bits per heavy atom. The maximum Gasteiger partial charge on any atom is 0.419 e. The zero-order valence-corrected chi connectivity index (χ0v) is 17.6. The SMILES string of the molecule is CCOC(CCCN(C(=O)OCc1ccccc1)C(=O)OC(C)(C)C)OCC. The van der Waals surface area contributed by atoms with Crippen molar-refractivity contribution in [2.75, 3.05) is 19.8 Å². The molecule has 0 aliphatic heterocycles. The van der Waals surface area contributed by atoms with Crippen LogP contribution in [0.15, 0.2) is 30.3 Å². The quantitative estimate of drug-likeness (QED) is 0.533. The highest BCUT2D eigenvalue weighted by molar-refractivity contribution is 5.87. The van der Waals surface area contributed by atoms with Crippen LogP contribution in [-0.2, 0) is 25.6 Å². The monoisotopic (exact) mass is 395 g/mol. The zero-order valence-electron chi connectivity index (χ0n) is 17.6. The van der Waals surface area contributed by atoms with Crippen LogP contribution in [-0.4, -0.2) is 48.7 Å². The molecule has 1 aromatic carbocycles. The van der Waals surface area contributed by atoms with Crippen LogP contribution in [0.5, 0.6) is 0 Å². The number of amides is 2. The molecular weight excluding hydrogens is 362 g/mol. The molecule has 28 heavy (non-hydrogen) atoms. The van der Waals surface area contributed by atoms with Gasteiger partial charge >= 0.3 is 12.2 Å². The normalized spacial score (nSPS) is 11.4. The van der Waals surface area contributed by atoms with Crippen molar-refractivity contribution < 1.29 is 28.5 Å². The Bertz CT molecular complexity index is 578. The molecule has 1 rings (SSSR count). The van der Waals surface area contributed by atoms with Gasteiger partial charge in [0.2, 0.25) is 0 Å². The van der Waals surface area contributed by atoms with Crippen LogP contribution in [0.25, 0.3) is 0 Å². The number of carbonyl (C=O) groups is 2. The van der Waals surface area contributed by atoms with E-state index in [9.17, 15) is 9.59 Å². The second-order valence-electron chi connectivity index (χ2n) is 7.15. The number of nitrogens with zero attached hydrogens (tertiary/aromatic N) is 1. The molecule has 0 saturated carbocycles. The van der Waals surface area contributed by atoms with Crippen molar-refractivity contribution in [3.63, 3.8) is 0 Å². The lowest BCUT2D eigenvalue weighted by atomic mass is 10.2. The van der Waals surface area contributed by atoms with E-state index < -0.39 is 17.8 Å². The summed E-state index contributed by atoms with van der Waals surface area (Å²) in [5, 5.41) is 0. The first-order valence-electron chi connectivity index (χ1n) is 9.71. The molecule has 0 saturated heterocycles. The summed E-state index contributed by atoms with van der Waals surface area (Å²) in [5.74, 6) is 0. The summed E-state index contributed by atoms with van der Waals surface area (Å²) in [6.45, 7) is 10.3. The van der Waals surface area contributed by atoms with Crippen molar-refractivity contribution in [3.8, 4) is 0 Å². The van der Waals surface area contributed by atoms with E-state index in [1.165, 1.54) is 0 Å². The molecule has 0 fully saturated rings. The van der Waals surface area contributed by atoms with Gasteiger partial charge in [0.25, 0.3) is 0 Å². The van der Waals surface area contributed by atoms with E-state index >= 15 is 0 Å². The minimum Gasteiger partial charge on any atom is -0.444 e. The number of imide groups is 1. The fraction of sp³-hybridized carbons (Fsp3) is 0.619. The largest absolute Gasteiger partial charge is 0.444 e. The van der Waals surface area contributed by atoms with Gasteiger partial charge in [-0.2, -0.15) is 0 Å². The summed E-state index contributed by atoms with van der Waals surface area (Å²) in [5.41, 5.74) is 0.126. The minimum absolute atomic E-state index is 0.0828. The molecule has 0 spiro atoms. The van der Waals surface area contributed by atoms with Crippen LogP contribution < -0.4 is 0 Å². The summed E-state index contributed by atoms with van der Waals surface area (Å²) in [4.78, 5) is 26.0. The van der Waals surface area contributed by atoms with Gasteiger partial charge in [0.05, 0.1) is 0 Å². The summed E-state index contributed by atoms with van der Waals surface area (Å²) < 4.78 is 21.6. The molecule has 7 nitrogen and oxygen atoms in total. The number of ether oxygens (including phenoxy) is 4. The average Bonchev–Trinajstić information content (AvgIpc) is 2.63. The standard InChI is InChI=1S/C21H33NO6/c1-6-25-18(26-7-2)14-11-15-22(20(24)28-21(3,4)5)19(23)27-16-17-12-9-8-10-13-17/h8-10,12-13,18H,6-7,11,14-16H2,1-5H3. The maximum atomic E-state index is 12.5. The zero-order chi connectivity index (χ0) is 21.0. The van der Waals surface area contributed by atoms with Crippen LogP contribution in [0.1, 0.15) is 53.0 Å². The number of hydrogen-bond acceptors (Lipinski definition) is 6. The van der Waals surface area contributed by atoms with Gasteiger partial charge in [-0.25, -0.2) is 14.5 Å². The number of benzene rings is 1. The molecule has 0 aromatic heterocycles. The second kappa shape index (κ2) is 12.4. The van der Waals surface area contributed by atoms with Crippen LogP contribution in [0.2, 0.25) is 0 Å². The minimum atomic E-state index is -0.734. The van der Waals surface area contributed by atoms with Crippen LogP contribution in [0.3, 0.4) is 0 Å². The first-order valence-corrected chi connectivity index (χ1v) is 9.71. The molecule has 0 N–H and O–H groups in total. The van der Waals surface area contributed by atoms with E-state index in [0.717, 1.165) is 10.5 Å². The van der Waals surface area contributed by atoms with Crippen molar-refractivity contribution in [1.82, 2.24) is 4.90 Å². The van der Waals surface area contributed by atoms with E-state index in [4.69, 9.17) is 18.9 Å². The maximum absolute atomic E-state index is 12.5. The molecule has 0 radical (unpaired) electrons. The summed E-state index contributed by atoms with van der Waals surface area (Å²) in [7, 11) is 0. The van der Waals surface area contributed by atoms with Gasteiger partial charge in [-0.15, -0.1) is 0 Å². The number of carbonyl (C=O) groups excluding carboxylic acids is 2. The van der Waals surface area contributed by atoms with E-state index in [1.807, 2.05) is 44.2 Å². The van der Waals surface area contributed by atoms with E-state index in [1.54, 1.807) is 20.8 Å². The molecule has 7 heteroatoms. The van der Waals surface area contributed by atoms with Gasteiger partial charge < -0.3 is 18.9 Å². The lowest BCUT2D eigenvalue weighted by molar-refractivity contribution is -0.140. The molecule has 0 bridgehead atoms. The smallest absolute Gasteiger partial charge is 0.419 e.